The van der Waals surface area contributed by atoms with E-state index in [-0.39, 0.29) is 18.1 Å². The first-order chi connectivity index (χ1) is 10.3. The summed E-state index contributed by atoms with van der Waals surface area (Å²) in [6.07, 6.45) is 6.09. The first kappa shape index (κ1) is 14.5. The lowest BCUT2D eigenvalue weighted by molar-refractivity contribution is -0.129. The number of aryl methyl sites for hydroxylation is 1. The molecule has 5 heteroatoms. The topological polar surface area (TPSA) is 60.5 Å². The van der Waals surface area contributed by atoms with Crippen molar-refractivity contribution < 1.29 is 14.3 Å². The van der Waals surface area contributed by atoms with Crippen molar-refractivity contribution >= 4 is 5.91 Å². The molecule has 1 saturated carbocycles. The second-order valence-corrected chi connectivity index (χ2v) is 5.86. The number of methoxy groups -OCH3 is 1. The number of hydrogen-bond acceptors (Lipinski definition) is 4. The van der Waals surface area contributed by atoms with Crippen molar-refractivity contribution in [2.24, 2.45) is 11.8 Å². The maximum Gasteiger partial charge on any atom is 0.220 e. The second-order valence-electron chi connectivity index (χ2n) is 5.86. The number of nitrogens with zero attached hydrogens (tertiary/aromatic N) is 1. The second kappa shape index (κ2) is 6.54. The third kappa shape index (κ3) is 3.09. The van der Waals surface area contributed by atoms with Crippen molar-refractivity contribution in [3.8, 4) is 0 Å². The zero-order valence-corrected chi connectivity index (χ0v) is 12.3. The van der Waals surface area contributed by atoms with Crippen LogP contribution in [0, 0.1) is 11.8 Å². The van der Waals surface area contributed by atoms with Crippen LogP contribution in [0.4, 0.5) is 0 Å². The third-order valence-electron chi connectivity index (χ3n) is 4.60. The van der Waals surface area contributed by atoms with Crippen LogP contribution in [0.1, 0.15) is 18.4 Å². The maximum atomic E-state index is 12.1. The van der Waals surface area contributed by atoms with Gasteiger partial charge in [-0.15, -0.1) is 0 Å². The molecule has 4 atom stereocenters. The monoisotopic (exact) mass is 290 g/mol. The van der Waals surface area contributed by atoms with Gasteiger partial charge in [0, 0.05) is 50.4 Å². The van der Waals surface area contributed by atoms with Gasteiger partial charge in [0.25, 0.3) is 0 Å². The minimum absolute atomic E-state index is 0.114. The SMILES string of the molecule is COC[C@@H]1[C@@H](NC(=O)CCc2ccncc2)[C@@H]2CCO[C@H]12. The van der Waals surface area contributed by atoms with Gasteiger partial charge < -0.3 is 14.8 Å². The first-order valence-electron chi connectivity index (χ1n) is 7.58. The van der Waals surface area contributed by atoms with E-state index in [4.69, 9.17) is 9.47 Å². The number of nitrogens with one attached hydrogen (secondary N) is 1. The smallest absolute Gasteiger partial charge is 0.220 e. The van der Waals surface area contributed by atoms with Gasteiger partial charge in [-0.25, -0.2) is 0 Å². The Hall–Kier alpha value is -1.46. The number of amides is 1. The molecule has 0 radical (unpaired) electrons. The van der Waals surface area contributed by atoms with Crippen molar-refractivity contribution in [3.05, 3.63) is 30.1 Å². The summed E-state index contributed by atoms with van der Waals surface area (Å²) >= 11 is 0. The summed E-state index contributed by atoms with van der Waals surface area (Å²) in [5, 5.41) is 3.18. The maximum absolute atomic E-state index is 12.1. The molecule has 2 heterocycles. The Balaban J connectivity index is 1.50. The highest BCUT2D eigenvalue weighted by atomic mass is 16.5. The molecule has 1 aromatic heterocycles. The highest BCUT2D eigenvalue weighted by Crippen LogP contribution is 2.43. The Morgan fingerprint density at radius 2 is 2.29 bits per heavy atom. The predicted octanol–water partition coefficient (Wildman–Crippen LogP) is 1.18. The van der Waals surface area contributed by atoms with Crippen LogP contribution in [0.25, 0.3) is 0 Å². The van der Waals surface area contributed by atoms with Gasteiger partial charge >= 0.3 is 0 Å². The summed E-state index contributed by atoms with van der Waals surface area (Å²) in [5.41, 5.74) is 1.14. The number of carbonyl (C=O) groups excluding carboxylic acids is 1. The van der Waals surface area contributed by atoms with Crippen LogP contribution in [0.2, 0.25) is 0 Å². The van der Waals surface area contributed by atoms with E-state index in [2.05, 4.69) is 10.3 Å². The minimum Gasteiger partial charge on any atom is -0.384 e. The van der Waals surface area contributed by atoms with Crippen molar-refractivity contribution in [2.75, 3.05) is 20.3 Å². The van der Waals surface area contributed by atoms with Crippen LogP contribution in [-0.4, -0.2) is 43.4 Å². The molecule has 1 N–H and O–H groups in total. The van der Waals surface area contributed by atoms with Gasteiger partial charge in [0.2, 0.25) is 5.91 Å². The molecule has 21 heavy (non-hydrogen) atoms. The summed E-state index contributed by atoms with van der Waals surface area (Å²) in [7, 11) is 1.70. The lowest BCUT2D eigenvalue weighted by atomic mass is 9.67. The van der Waals surface area contributed by atoms with Gasteiger partial charge in [0.15, 0.2) is 0 Å². The normalized spacial score (nSPS) is 30.5. The zero-order valence-electron chi connectivity index (χ0n) is 12.3. The number of ether oxygens (including phenoxy) is 2. The molecule has 0 bridgehead atoms. The molecular formula is C16H22N2O3. The number of hydrogen-bond donors (Lipinski definition) is 1. The van der Waals surface area contributed by atoms with Gasteiger partial charge in [-0.1, -0.05) is 0 Å². The standard InChI is InChI=1S/C16H22N2O3/c1-20-10-13-15(12-6-9-21-16(12)13)18-14(19)3-2-11-4-7-17-8-5-11/h4-5,7-8,12-13,15-16H,2-3,6,9-10H2,1H3,(H,18,19)/t12-,13+,15-,16-/m0/s1. The van der Waals surface area contributed by atoms with Crippen molar-refractivity contribution in [1.82, 2.24) is 10.3 Å². The average Bonchev–Trinajstić information content (AvgIpc) is 2.94. The van der Waals surface area contributed by atoms with E-state index < -0.39 is 0 Å². The molecule has 5 nitrogen and oxygen atoms in total. The molecule has 0 unspecified atom stereocenters. The van der Waals surface area contributed by atoms with E-state index in [1.165, 1.54) is 0 Å². The minimum atomic E-state index is 0.114. The molecule has 0 spiro atoms. The molecule has 2 fully saturated rings. The van der Waals surface area contributed by atoms with Crippen molar-refractivity contribution in [1.29, 1.82) is 0 Å². The van der Waals surface area contributed by atoms with E-state index in [0.717, 1.165) is 25.0 Å². The Bertz CT molecular complexity index is 480. The van der Waals surface area contributed by atoms with E-state index in [9.17, 15) is 4.79 Å². The average molecular weight is 290 g/mol. The highest BCUT2D eigenvalue weighted by Gasteiger charge is 2.54. The predicted molar refractivity (Wildman–Crippen MR) is 77.7 cm³/mol. The number of pyridine rings is 1. The summed E-state index contributed by atoms with van der Waals surface area (Å²) < 4.78 is 11.0. The quantitative estimate of drug-likeness (QED) is 0.854. The fraction of sp³-hybridized carbons (Fsp3) is 0.625. The Morgan fingerprint density at radius 3 is 3.05 bits per heavy atom. The van der Waals surface area contributed by atoms with Gasteiger partial charge in [0.05, 0.1) is 12.7 Å². The van der Waals surface area contributed by atoms with Gasteiger partial charge in [-0.3, -0.25) is 9.78 Å². The van der Waals surface area contributed by atoms with E-state index in [1.54, 1.807) is 19.5 Å². The molecule has 3 rings (SSSR count). The lowest BCUT2D eigenvalue weighted by Crippen LogP contribution is -2.62. The number of fused-ring (bicyclic) bond motifs is 1. The number of rotatable bonds is 6. The van der Waals surface area contributed by atoms with Gasteiger partial charge in [0.1, 0.15) is 0 Å². The third-order valence-corrected chi connectivity index (χ3v) is 4.60. The Kier molecular flexibility index (Phi) is 4.51. The highest BCUT2D eigenvalue weighted by molar-refractivity contribution is 5.76. The van der Waals surface area contributed by atoms with Crippen molar-refractivity contribution in [3.63, 3.8) is 0 Å². The van der Waals surface area contributed by atoms with E-state index >= 15 is 0 Å². The molecule has 1 saturated heterocycles. The summed E-state index contributed by atoms with van der Waals surface area (Å²) in [5.74, 6) is 0.880. The van der Waals surface area contributed by atoms with Crippen LogP contribution in [0.5, 0.6) is 0 Å². The van der Waals surface area contributed by atoms with Crippen LogP contribution in [0.3, 0.4) is 0 Å². The molecule has 1 aliphatic carbocycles. The Morgan fingerprint density at radius 1 is 1.48 bits per heavy atom. The number of aromatic nitrogens is 1. The summed E-state index contributed by atoms with van der Waals surface area (Å²) in [4.78, 5) is 16.1. The summed E-state index contributed by atoms with van der Waals surface area (Å²) in [6, 6.07) is 4.11. The fourth-order valence-corrected chi connectivity index (χ4v) is 3.50. The number of carbonyl (C=O) groups is 1. The molecule has 0 aromatic carbocycles. The van der Waals surface area contributed by atoms with Gasteiger partial charge in [-0.05, 0) is 30.5 Å². The van der Waals surface area contributed by atoms with Crippen LogP contribution >= 0.6 is 0 Å². The fourth-order valence-electron chi connectivity index (χ4n) is 3.50. The zero-order chi connectivity index (χ0) is 14.7. The molecule has 114 valence electrons. The van der Waals surface area contributed by atoms with Crippen LogP contribution < -0.4 is 5.32 Å². The first-order valence-corrected chi connectivity index (χ1v) is 7.58. The van der Waals surface area contributed by atoms with E-state index in [1.807, 2.05) is 12.1 Å². The lowest BCUT2D eigenvalue weighted by Gasteiger charge is -2.47. The van der Waals surface area contributed by atoms with Gasteiger partial charge in [-0.2, -0.15) is 0 Å². The Labute approximate surface area is 125 Å². The van der Waals surface area contributed by atoms with Crippen LogP contribution in [-0.2, 0) is 20.7 Å². The molecule has 1 amide bonds. The molecule has 1 aromatic rings. The molecular weight excluding hydrogens is 268 g/mol. The van der Waals surface area contributed by atoms with Crippen molar-refractivity contribution in [2.45, 2.75) is 31.4 Å². The molecule has 1 aliphatic heterocycles. The van der Waals surface area contributed by atoms with Crippen LogP contribution in [0.15, 0.2) is 24.5 Å². The summed E-state index contributed by atoms with van der Waals surface area (Å²) in [6.45, 7) is 1.45. The largest absolute Gasteiger partial charge is 0.384 e. The molecule has 2 aliphatic rings. The van der Waals surface area contributed by atoms with E-state index in [0.29, 0.717) is 24.9 Å².